The Hall–Kier alpha value is -2.28. The van der Waals surface area contributed by atoms with Gasteiger partial charge in [-0.2, -0.15) is 0 Å². The summed E-state index contributed by atoms with van der Waals surface area (Å²) in [6.45, 7) is 2.25. The first-order valence-corrected chi connectivity index (χ1v) is 9.94. The highest BCUT2D eigenvalue weighted by Gasteiger charge is 2.19. The summed E-state index contributed by atoms with van der Waals surface area (Å²) in [6, 6.07) is 3.66. The highest BCUT2D eigenvalue weighted by atomic mass is 19.2. The van der Waals surface area contributed by atoms with Gasteiger partial charge in [-0.25, -0.2) is 18.7 Å². The Balaban J connectivity index is 1.54. The van der Waals surface area contributed by atoms with Crippen molar-refractivity contribution < 1.29 is 8.78 Å². The molecular formula is C23H26F2N2. The predicted octanol–water partition coefficient (Wildman–Crippen LogP) is 6.16. The number of nitrogens with zero attached hydrogens (tertiary/aromatic N) is 2. The van der Waals surface area contributed by atoms with Gasteiger partial charge in [0.2, 0.25) is 0 Å². The molecular weight excluding hydrogens is 342 g/mol. The first kappa shape index (κ1) is 19.5. The lowest BCUT2D eigenvalue weighted by molar-refractivity contribution is 0.294. The van der Waals surface area contributed by atoms with Crippen LogP contribution in [0.2, 0.25) is 0 Å². The molecule has 0 radical (unpaired) electrons. The van der Waals surface area contributed by atoms with Crippen LogP contribution in [-0.2, 0) is 0 Å². The average molecular weight is 368 g/mol. The zero-order valence-electron chi connectivity index (χ0n) is 15.8. The molecule has 1 aliphatic rings. The van der Waals surface area contributed by atoms with E-state index in [1.54, 1.807) is 12.4 Å². The lowest BCUT2D eigenvalue weighted by atomic mass is 9.80. The van der Waals surface area contributed by atoms with E-state index in [2.05, 4.69) is 28.7 Å². The Bertz CT molecular complexity index is 797. The number of benzene rings is 1. The Labute approximate surface area is 160 Å². The average Bonchev–Trinajstić information content (AvgIpc) is 2.70. The zero-order chi connectivity index (χ0) is 19.1. The molecule has 3 rings (SSSR count). The van der Waals surface area contributed by atoms with Gasteiger partial charge in [0.1, 0.15) is 0 Å². The quantitative estimate of drug-likeness (QED) is 0.466. The predicted molar refractivity (Wildman–Crippen MR) is 104 cm³/mol. The van der Waals surface area contributed by atoms with Crippen molar-refractivity contribution >= 4 is 0 Å². The van der Waals surface area contributed by atoms with E-state index in [9.17, 15) is 8.78 Å². The van der Waals surface area contributed by atoms with Crippen LogP contribution in [0.3, 0.4) is 0 Å². The van der Waals surface area contributed by atoms with Crippen molar-refractivity contribution in [3.63, 3.8) is 0 Å². The smallest absolute Gasteiger partial charge is 0.159 e. The third-order valence-corrected chi connectivity index (χ3v) is 5.31. The van der Waals surface area contributed by atoms with E-state index in [0.717, 1.165) is 23.6 Å². The number of halogens is 2. The lowest BCUT2D eigenvalue weighted by Gasteiger charge is -2.25. The Kier molecular flexibility index (Phi) is 6.92. The Morgan fingerprint density at radius 1 is 1.00 bits per heavy atom. The van der Waals surface area contributed by atoms with Crippen LogP contribution in [0.1, 0.15) is 63.9 Å². The molecule has 2 nitrogen and oxygen atoms in total. The summed E-state index contributed by atoms with van der Waals surface area (Å²) >= 11 is 0. The molecule has 0 amide bonds. The number of aromatic nitrogens is 2. The second-order valence-corrected chi connectivity index (χ2v) is 7.41. The summed E-state index contributed by atoms with van der Waals surface area (Å²) in [5, 5.41) is 0. The fraction of sp³-hybridized carbons (Fsp3) is 0.478. The number of unbranched alkanes of at least 4 members (excludes halogenated alkanes) is 2. The molecule has 1 heterocycles. The normalized spacial score (nSPS) is 19.4. The largest absolute Gasteiger partial charge is 0.235 e. The second kappa shape index (κ2) is 9.60. The van der Waals surface area contributed by atoms with E-state index in [-0.39, 0.29) is 0 Å². The molecule has 0 spiro atoms. The topological polar surface area (TPSA) is 25.8 Å². The fourth-order valence-electron chi connectivity index (χ4n) is 3.64. The molecule has 0 atom stereocenters. The SMILES string of the molecule is CCCCCC1CCC(C#Cc2cnc(-c3ccc(F)c(F)c3)nc2)CC1. The van der Waals surface area contributed by atoms with Crippen LogP contribution >= 0.6 is 0 Å². The zero-order valence-corrected chi connectivity index (χ0v) is 15.8. The van der Waals surface area contributed by atoms with Crippen molar-refractivity contribution in [2.24, 2.45) is 11.8 Å². The Morgan fingerprint density at radius 3 is 2.41 bits per heavy atom. The van der Waals surface area contributed by atoms with Gasteiger partial charge in [-0.3, -0.25) is 0 Å². The minimum Gasteiger partial charge on any atom is -0.235 e. The Morgan fingerprint density at radius 2 is 1.74 bits per heavy atom. The van der Waals surface area contributed by atoms with Crippen LogP contribution in [0.25, 0.3) is 11.4 Å². The highest BCUT2D eigenvalue weighted by molar-refractivity contribution is 5.55. The van der Waals surface area contributed by atoms with Gasteiger partial charge >= 0.3 is 0 Å². The molecule has 0 bridgehead atoms. The first-order valence-electron chi connectivity index (χ1n) is 9.94. The van der Waals surface area contributed by atoms with Gasteiger partial charge < -0.3 is 0 Å². The maximum Gasteiger partial charge on any atom is 0.159 e. The third-order valence-electron chi connectivity index (χ3n) is 5.31. The lowest BCUT2D eigenvalue weighted by Crippen LogP contribution is -2.13. The number of hydrogen-bond acceptors (Lipinski definition) is 2. The molecule has 1 aromatic carbocycles. The van der Waals surface area contributed by atoms with Crippen LogP contribution < -0.4 is 0 Å². The molecule has 2 aromatic rings. The summed E-state index contributed by atoms with van der Waals surface area (Å²) in [6.07, 6.45) is 13.6. The summed E-state index contributed by atoms with van der Waals surface area (Å²) in [5.41, 5.74) is 1.21. The summed E-state index contributed by atoms with van der Waals surface area (Å²) in [7, 11) is 0. The molecule has 1 fully saturated rings. The summed E-state index contributed by atoms with van der Waals surface area (Å²) in [4.78, 5) is 8.47. The molecule has 0 saturated heterocycles. The van der Waals surface area contributed by atoms with E-state index < -0.39 is 11.6 Å². The van der Waals surface area contributed by atoms with Crippen LogP contribution in [0.4, 0.5) is 8.78 Å². The molecule has 27 heavy (non-hydrogen) atoms. The number of hydrogen-bond donors (Lipinski definition) is 0. The van der Waals surface area contributed by atoms with Crippen LogP contribution in [-0.4, -0.2) is 9.97 Å². The van der Waals surface area contributed by atoms with E-state index in [1.807, 2.05) is 0 Å². The first-order chi connectivity index (χ1) is 13.2. The van der Waals surface area contributed by atoms with E-state index >= 15 is 0 Å². The summed E-state index contributed by atoms with van der Waals surface area (Å²) < 4.78 is 26.4. The van der Waals surface area contributed by atoms with Gasteiger partial charge in [0.15, 0.2) is 17.5 Å². The van der Waals surface area contributed by atoms with Crippen LogP contribution in [0.15, 0.2) is 30.6 Å². The van der Waals surface area contributed by atoms with Crippen molar-refractivity contribution in [3.8, 4) is 23.2 Å². The van der Waals surface area contributed by atoms with E-state index in [4.69, 9.17) is 0 Å². The second-order valence-electron chi connectivity index (χ2n) is 7.41. The highest BCUT2D eigenvalue weighted by Crippen LogP contribution is 2.31. The molecule has 1 aliphatic carbocycles. The molecule has 1 saturated carbocycles. The van der Waals surface area contributed by atoms with Gasteiger partial charge in [-0.1, -0.05) is 44.4 Å². The van der Waals surface area contributed by atoms with E-state index in [1.165, 1.54) is 57.4 Å². The van der Waals surface area contributed by atoms with Crippen molar-refractivity contribution in [3.05, 3.63) is 47.8 Å². The van der Waals surface area contributed by atoms with Crippen LogP contribution in [0, 0.1) is 35.3 Å². The molecule has 4 heteroatoms. The standard InChI is InChI=1S/C23H26F2N2/c1-2-3-4-5-17-6-8-18(9-7-17)10-11-19-15-26-23(27-16-19)20-12-13-21(24)22(25)14-20/h12-18H,2-9H2,1H3. The van der Waals surface area contributed by atoms with Gasteiger partial charge in [-0.05, 0) is 49.8 Å². The van der Waals surface area contributed by atoms with Crippen LogP contribution in [0.5, 0.6) is 0 Å². The molecule has 0 unspecified atom stereocenters. The molecule has 0 N–H and O–H groups in total. The third kappa shape index (κ3) is 5.60. The molecule has 0 aliphatic heterocycles. The van der Waals surface area contributed by atoms with Gasteiger partial charge in [0, 0.05) is 23.9 Å². The minimum absolute atomic E-state index is 0.368. The van der Waals surface area contributed by atoms with Crippen molar-refractivity contribution in [1.29, 1.82) is 0 Å². The van der Waals surface area contributed by atoms with Gasteiger partial charge in [0.25, 0.3) is 0 Å². The number of rotatable bonds is 5. The monoisotopic (exact) mass is 368 g/mol. The van der Waals surface area contributed by atoms with Gasteiger partial charge in [-0.15, -0.1) is 0 Å². The molecule has 142 valence electrons. The minimum atomic E-state index is -0.898. The maximum atomic E-state index is 13.3. The van der Waals surface area contributed by atoms with E-state index in [0.29, 0.717) is 17.3 Å². The van der Waals surface area contributed by atoms with Crippen molar-refractivity contribution in [1.82, 2.24) is 9.97 Å². The van der Waals surface area contributed by atoms with Crippen molar-refractivity contribution in [2.45, 2.75) is 58.3 Å². The molecule has 1 aromatic heterocycles. The maximum absolute atomic E-state index is 13.3. The summed E-state index contributed by atoms with van der Waals surface area (Å²) in [5.74, 6) is 6.47. The fourth-order valence-corrected chi connectivity index (χ4v) is 3.64. The van der Waals surface area contributed by atoms with Gasteiger partial charge in [0.05, 0.1) is 5.56 Å². The van der Waals surface area contributed by atoms with Crippen molar-refractivity contribution in [2.75, 3.05) is 0 Å².